The Balaban J connectivity index is 2.71. The fourth-order valence-electron chi connectivity index (χ4n) is 1.06. The van der Waals surface area contributed by atoms with E-state index >= 15 is 0 Å². The fourth-order valence-corrected chi connectivity index (χ4v) is 1.06. The lowest BCUT2D eigenvalue weighted by Crippen LogP contribution is -2.39. The van der Waals surface area contributed by atoms with E-state index in [1.807, 2.05) is 0 Å². The van der Waals surface area contributed by atoms with Gasteiger partial charge >= 0.3 is 5.97 Å². The number of rotatable bonds is 1. The van der Waals surface area contributed by atoms with Crippen LogP contribution in [0.2, 0.25) is 0 Å². The summed E-state index contributed by atoms with van der Waals surface area (Å²) in [5, 5.41) is 8.59. The van der Waals surface area contributed by atoms with Crippen LogP contribution in [-0.2, 0) is 9.59 Å². The van der Waals surface area contributed by atoms with Crippen molar-refractivity contribution >= 4 is 11.9 Å². The first-order valence-corrected chi connectivity index (χ1v) is 3.29. The molecule has 1 aliphatic rings. The van der Waals surface area contributed by atoms with Crippen molar-refractivity contribution < 1.29 is 14.7 Å². The molecule has 1 atom stereocenters. The molecule has 0 aliphatic carbocycles. The number of aliphatic carboxylic acids is 1. The monoisotopic (exact) mass is 155 g/mol. The summed E-state index contributed by atoms with van der Waals surface area (Å²) in [6, 6.07) is -0.757. The summed E-state index contributed by atoms with van der Waals surface area (Å²) in [5.41, 5.74) is 0. The molecular formula is C7H9NO3. The maximum absolute atomic E-state index is 10.8. The number of carboxylic acid groups (broad SMARTS) is 1. The van der Waals surface area contributed by atoms with Crippen LogP contribution in [0.15, 0.2) is 12.2 Å². The molecule has 4 nitrogen and oxygen atoms in total. The van der Waals surface area contributed by atoms with Gasteiger partial charge in [-0.05, 0) is 0 Å². The Hall–Kier alpha value is -1.32. The maximum Gasteiger partial charge on any atom is 0.330 e. The fraction of sp³-hybridized carbons (Fsp3) is 0.429. The summed E-state index contributed by atoms with van der Waals surface area (Å²) >= 11 is 0. The van der Waals surface area contributed by atoms with Crippen LogP contribution in [0.3, 0.4) is 0 Å². The summed E-state index contributed by atoms with van der Waals surface area (Å²) in [6.45, 7) is 1.77. The van der Waals surface area contributed by atoms with Gasteiger partial charge in [0.15, 0.2) is 0 Å². The number of amides is 1. The number of carboxylic acids is 1. The number of carbonyl (C=O) groups is 2. The first-order chi connectivity index (χ1) is 5.13. The molecule has 4 heteroatoms. The molecule has 0 spiro atoms. The second-order valence-corrected chi connectivity index (χ2v) is 2.38. The molecule has 0 saturated carbocycles. The third kappa shape index (κ3) is 1.39. The standard InChI is InChI=1S/C7H9NO3/c1-5(9)8-4-2-3-6(8)7(10)11/h2-3,6H,4H2,1H3,(H,10,11). The topological polar surface area (TPSA) is 57.6 Å². The average molecular weight is 155 g/mol. The van der Waals surface area contributed by atoms with Gasteiger partial charge in [0.05, 0.1) is 0 Å². The van der Waals surface area contributed by atoms with Gasteiger partial charge in [-0.3, -0.25) is 4.79 Å². The highest BCUT2D eigenvalue weighted by Crippen LogP contribution is 2.09. The summed E-state index contributed by atoms with van der Waals surface area (Å²) in [6.07, 6.45) is 3.20. The van der Waals surface area contributed by atoms with Gasteiger partial charge in [-0.1, -0.05) is 12.2 Å². The Bertz CT molecular complexity index is 222. The molecule has 1 amide bonds. The van der Waals surface area contributed by atoms with Crippen LogP contribution in [0.5, 0.6) is 0 Å². The maximum atomic E-state index is 10.8. The van der Waals surface area contributed by atoms with Crippen LogP contribution >= 0.6 is 0 Å². The minimum Gasteiger partial charge on any atom is -0.479 e. The lowest BCUT2D eigenvalue weighted by molar-refractivity contribution is -0.146. The number of hydrogen-bond donors (Lipinski definition) is 1. The van der Waals surface area contributed by atoms with Gasteiger partial charge in [0.25, 0.3) is 0 Å². The van der Waals surface area contributed by atoms with Gasteiger partial charge < -0.3 is 10.0 Å². The van der Waals surface area contributed by atoms with E-state index < -0.39 is 12.0 Å². The molecule has 0 bridgehead atoms. The number of nitrogens with zero attached hydrogens (tertiary/aromatic N) is 1. The predicted octanol–water partition coefficient (Wildman–Crippen LogP) is -0.142. The number of carbonyl (C=O) groups excluding carboxylic acids is 1. The third-order valence-corrected chi connectivity index (χ3v) is 1.61. The zero-order valence-corrected chi connectivity index (χ0v) is 6.15. The Labute approximate surface area is 64.1 Å². The smallest absolute Gasteiger partial charge is 0.330 e. The molecule has 0 fully saturated rings. The second kappa shape index (κ2) is 2.74. The van der Waals surface area contributed by atoms with E-state index in [-0.39, 0.29) is 5.91 Å². The lowest BCUT2D eigenvalue weighted by atomic mass is 10.3. The average Bonchev–Trinajstić information content (AvgIpc) is 2.32. The highest BCUT2D eigenvalue weighted by atomic mass is 16.4. The molecule has 1 aliphatic heterocycles. The van der Waals surface area contributed by atoms with E-state index in [1.54, 1.807) is 6.08 Å². The summed E-state index contributed by atoms with van der Waals surface area (Å²) in [7, 11) is 0. The molecule has 1 heterocycles. The van der Waals surface area contributed by atoms with Gasteiger partial charge in [-0.25, -0.2) is 4.79 Å². The van der Waals surface area contributed by atoms with Crippen LogP contribution in [0.25, 0.3) is 0 Å². The number of hydrogen-bond acceptors (Lipinski definition) is 2. The Morgan fingerprint density at radius 3 is 2.64 bits per heavy atom. The van der Waals surface area contributed by atoms with Crippen molar-refractivity contribution in [3.05, 3.63) is 12.2 Å². The normalized spacial score (nSPS) is 22.3. The molecule has 0 saturated heterocycles. The van der Waals surface area contributed by atoms with Crippen LogP contribution in [0, 0.1) is 0 Å². The van der Waals surface area contributed by atoms with Crippen molar-refractivity contribution in [1.29, 1.82) is 0 Å². The van der Waals surface area contributed by atoms with Crippen molar-refractivity contribution in [2.24, 2.45) is 0 Å². The third-order valence-electron chi connectivity index (χ3n) is 1.61. The van der Waals surface area contributed by atoms with Gasteiger partial charge in [-0.15, -0.1) is 0 Å². The van der Waals surface area contributed by atoms with Crippen molar-refractivity contribution in [2.75, 3.05) is 6.54 Å². The summed E-state index contributed by atoms with van der Waals surface area (Å²) in [5.74, 6) is -1.18. The van der Waals surface area contributed by atoms with E-state index in [4.69, 9.17) is 5.11 Å². The van der Waals surface area contributed by atoms with Gasteiger partial charge in [0, 0.05) is 13.5 Å². The molecule has 11 heavy (non-hydrogen) atoms. The molecule has 0 aromatic rings. The molecular weight excluding hydrogens is 146 g/mol. The molecule has 0 aromatic carbocycles. The van der Waals surface area contributed by atoms with Crippen molar-refractivity contribution in [3.8, 4) is 0 Å². The zero-order chi connectivity index (χ0) is 8.43. The first-order valence-electron chi connectivity index (χ1n) is 3.29. The minimum absolute atomic E-state index is 0.206. The molecule has 1 rings (SSSR count). The van der Waals surface area contributed by atoms with Gasteiger partial charge in [0.2, 0.25) is 5.91 Å². The Morgan fingerprint density at radius 2 is 2.27 bits per heavy atom. The quantitative estimate of drug-likeness (QED) is 0.536. The van der Waals surface area contributed by atoms with Crippen LogP contribution < -0.4 is 0 Å². The van der Waals surface area contributed by atoms with E-state index in [2.05, 4.69) is 0 Å². The summed E-state index contributed by atoms with van der Waals surface area (Å²) in [4.78, 5) is 22.5. The zero-order valence-electron chi connectivity index (χ0n) is 6.15. The SMILES string of the molecule is CC(=O)N1CC=CC1C(=O)O. The highest BCUT2D eigenvalue weighted by Gasteiger charge is 2.27. The largest absolute Gasteiger partial charge is 0.479 e. The van der Waals surface area contributed by atoms with Crippen LogP contribution in [-0.4, -0.2) is 34.5 Å². The van der Waals surface area contributed by atoms with Crippen molar-refractivity contribution in [3.63, 3.8) is 0 Å². The Morgan fingerprint density at radius 1 is 1.64 bits per heavy atom. The van der Waals surface area contributed by atoms with E-state index in [0.717, 1.165) is 0 Å². The Kier molecular flexibility index (Phi) is 1.94. The van der Waals surface area contributed by atoms with Crippen LogP contribution in [0.4, 0.5) is 0 Å². The predicted molar refractivity (Wildman–Crippen MR) is 38.0 cm³/mol. The molecule has 0 radical (unpaired) electrons. The van der Waals surface area contributed by atoms with E-state index in [9.17, 15) is 9.59 Å². The second-order valence-electron chi connectivity index (χ2n) is 2.38. The molecule has 1 N–H and O–H groups in total. The van der Waals surface area contributed by atoms with Gasteiger partial charge in [0.1, 0.15) is 6.04 Å². The molecule has 0 aromatic heterocycles. The van der Waals surface area contributed by atoms with E-state index in [0.29, 0.717) is 6.54 Å². The minimum atomic E-state index is -0.978. The van der Waals surface area contributed by atoms with Crippen molar-refractivity contribution in [1.82, 2.24) is 4.90 Å². The first kappa shape index (κ1) is 7.78. The van der Waals surface area contributed by atoms with Gasteiger partial charge in [-0.2, -0.15) is 0 Å². The van der Waals surface area contributed by atoms with Crippen LogP contribution in [0.1, 0.15) is 6.92 Å². The van der Waals surface area contributed by atoms with Crippen molar-refractivity contribution in [2.45, 2.75) is 13.0 Å². The highest BCUT2D eigenvalue weighted by molar-refractivity contribution is 5.84. The van der Waals surface area contributed by atoms with E-state index in [1.165, 1.54) is 17.9 Å². The molecule has 1 unspecified atom stereocenters. The lowest BCUT2D eigenvalue weighted by Gasteiger charge is -2.18. The summed E-state index contributed by atoms with van der Waals surface area (Å²) < 4.78 is 0. The molecule has 60 valence electrons.